The number of amides is 3. The first-order chi connectivity index (χ1) is 11.9. The average Bonchev–Trinajstić information content (AvgIpc) is 2.59. The van der Waals surface area contributed by atoms with Crippen molar-refractivity contribution in [1.82, 2.24) is 10.6 Å². The third kappa shape index (κ3) is 5.20. The van der Waals surface area contributed by atoms with Crippen LogP contribution < -0.4 is 10.6 Å². The fraction of sp³-hybridized carbons (Fsp3) is 0.118. The minimum absolute atomic E-state index is 0.0891. The molecule has 0 radical (unpaired) electrons. The van der Waals surface area contributed by atoms with E-state index in [4.69, 9.17) is 27.9 Å². The molecular formula is C17H14Cl2N2O4. The van der Waals surface area contributed by atoms with Crippen molar-refractivity contribution < 1.29 is 19.1 Å². The number of benzene rings is 2. The number of urea groups is 1. The third-order valence-corrected chi connectivity index (χ3v) is 3.56. The summed E-state index contributed by atoms with van der Waals surface area (Å²) in [7, 11) is 1.36. The maximum Gasteiger partial charge on any atom is 0.339 e. The minimum Gasteiger partial charge on any atom is -0.444 e. The molecule has 0 aliphatic rings. The largest absolute Gasteiger partial charge is 0.444 e. The molecule has 0 aliphatic carbocycles. The molecule has 1 atom stereocenters. The molecule has 0 aromatic heterocycles. The van der Waals surface area contributed by atoms with E-state index in [9.17, 15) is 14.4 Å². The van der Waals surface area contributed by atoms with E-state index >= 15 is 0 Å². The van der Waals surface area contributed by atoms with Gasteiger partial charge >= 0.3 is 12.0 Å². The normalized spacial score (nSPS) is 11.3. The van der Waals surface area contributed by atoms with Gasteiger partial charge in [0.1, 0.15) is 0 Å². The van der Waals surface area contributed by atoms with Crippen molar-refractivity contribution in [2.75, 3.05) is 7.05 Å². The van der Waals surface area contributed by atoms with Gasteiger partial charge in [0.05, 0.1) is 5.56 Å². The van der Waals surface area contributed by atoms with Crippen LogP contribution in [0, 0.1) is 0 Å². The van der Waals surface area contributed by atoms with E-state index in [1.54, 1.807) is 30.3 Å². The highest BCUT2D eigenvalue weighted by atomic mass is 35.5. The van der Waals surface area contributed by atoms with E-state index < -0.39 is 24.0 Å². The number of carbonyl (C=O) groups excluding carboxylic acids is 3. The Balaban J connectivity index is 2.28. The topological polar surface area (TPSA) is 84.5 Å². The van der Waals surface area contributed by atoms with Gasteiger partial charge in [0, 0.05) is 22.7 Å². The molecule has 0 saturated carbocycles. The molecule has 3 amide bonds. The van der Waals surface area contributed by atoms with Crippen LogP contribution in [0.25, 0.3) is 0 Å². The Bertz CT molecular complexity index is 776. The molecular weight excluding hydrogens is 367 g/mol. The summed E-state index contributed by atoms with van der Waals surface area (Å²) in [6.45, 7) is 0. The van der Waals surface area contributed by atoms with E-state index in [1.165, 1.54) is 25.2 Å². The Kier molecular flexibility index (Phi) is 6.38. The molecule has 130 valence electrons. The van der Waals surface area contributed by atoms with E-state index in [0.717, 1.165) is 0 Å². The zero-order chi connectivity index (χ0) is 18.4. The zero-order valence-corrected chi connectivity index (χ0v) is 14.6. The summed E-state index contributed by atoms with van der Waals surface area (Å²) in [4.78, 5) is 36.1. The number of ether oxygens (including phenoxy) is 1. The van der Waals surface area contributed by atoms with Gasteiger partial charge in [-0.15, -0.1) is 0 Å². The van der Waals surface area contributed by atoms with Crippen LogP contribution in [-0.4, -0.2) is 25.0 Å². The maximum atomic E-state index is 12.4. The summed E-state index contributed by atoms with van der Waals surface area (Å²) in [5.74, 6) is -1.59. The summed E-state index contributed by atoms with van der Waals surface area (Å²) >= 11 is 11.7. The quantitative estimate of drug-likeness (QED) is 0.796. The van der Waals surface area contributed by atoms with Crippen molar-refractivity contribution >= 4 is 41.1 Å². The van der Waals surface area contributed by atoms with Gasteiger partial charge in [-0.05, 0) is 18.2 Å². The Morgan fingerprint density at radius 2 is 1.60 bits per heavy atom. The lowest BCUT2D eigenvalue weighted by Crippen LogP contribution is -2.41. The molecule has 6 nitrogen and oxygen atoms in total. The van der Waals surface area contributed by atoms with Crippen LogP contribution in [0.3, 0.4) is 0 Å². The fourth-order valence-electron chi connectivity index (χ4n) is 1.99. The van der Waals surface area contributed by atoms with Crippen LogP contribution in [0.1, 0.15) is 22.0 Å². The van der Waals surface area contributed by atoms with E-state index in [0.29, 0.717) is 5.56 Å². The zero-order valence-electron chi connectivity index (χ0n) is 13.1. The number of imide groups is 1. The van der Waals surface area contributed by atoms with Crippen LogP contribution in [0.2, 0.25) is 10.0 Å². The summed E-state index contributed by atoms with van der Waals surface area (Å²) in [5.41, 5.74) is 0.497. The highest BCUT2D eigenvalue weighted by molar-refractivity contribution is 6.35. The van der Waals surface area contributed by atoms with Crippen LogP contribution in [0.4, 0.5) is 4.79 Å². The van der Waals surface area contributed by atoms with Crippen LogP contribution >= 0.6 is 23.2 Å². The smallest absolute Gasteiger partial charge is 0.339 e. The van der Waals surface area contributed by atoms with Gasteiger partial charge in [0.15, 0.2) is 0 Å². The molecule has 0 saturated heterocycles. The van der Waals surface area contributed by atoms with Gasteiger partial charge in [-0.1, -0.05) is 53.5 Å². The molecule has 8 heteroatoms. The molecule has 0 unspecified atom stereocenters. The number of hydrogen-bond acceptors (Lipinski definition) is 4. The second kappa shape index (κ2) is 8.50. The van der Waals surface area contributed by atoms with Gasteiger partial charge < -0.3 is 10.1 Å². The summed E-state index contributed by atoms with van der Waals surface area (Å²) in [6.07, 6.45) is -1.32. The number of hydrogen-bond donors (Lipinski definition) is 2. The Morgan fingerprint density at radius 3 is 2.16 bits per heavy atom. The fourth-order valence-corrected chi connectivity index (χ4v) is 2.51. The van der Waals surface area contributed by atoms with Gasteiger partial charge in [-0.25, -0.2) is 9.59 Å². The van der Waals surface area contributed by atoms with Crippen molar-refractivity contribution in [3.05, 3.63) is 69.7 Å². The standard InChI is InChI=1S/C17H14Cl2N2O4/c1-20-17(24)21-15(22)14(10-5-3-2-4-6-10)25-16(23)11-7-12(18)9-13(19)8-11/h2-9,14H,1H3,(H2,20,21,22,24)/t14-/m0/s1. The van der Waals surface area contributed by atoms with Gasteiger partial charge in [-0.2, -0.15) is 0 Å². The number of nitrogens with one attached hydrogen (secondary N) is 2. The Morgan fingerprint density at radius 1 is 1.00 bits per heavy atom. The van der Waals surface area contributed by atoms with Gasteiger partial charge in [0.2, 0.25) is 6.10 Å². The molecule has 25 heavy (non-hydrogen) atoms. The van der Waals surface area contributed by atoms with Gasteiger partial charge in [0.25, 0.3) is 5.91 Å². The minimum atomic E-state index is -1.32. The molecule has 0 spiro atoms. The molecule has 2 rings (SSSR count). The lowest BCUT2D eigenvalue weighted by molar-refractivity contribution is -0.129. The monoisotopic (exact) mass is 380 g/mol. The number of halogens is 2. The van der Waals surface area contributed by atoms with Crippen LogP contribution in [0.15, 0.2) is 48.5 Å². The summed E-state index contributed by atoms with van der Waals surface area (Å²) in [6, 6.07) is 11.8. The number of esters is 1. The van der Waals surface area contributed by atoms with Crippen molar-refractivity contribution in [2.45, 2.75) is 6.10 Å². The summed E-state index contributed by atoms with van der Waals surface area (Å²) < 4.78 is 5.29. The Hall–Kier alpha value is -2.57. The molecule has 0 heterocycles. The Labute approximate surface area is 154 Å². The average molecular weight is 381 g/mol. The molecule has 2 aromatic rings. The number of carbonyl (C=O) groups is 3. The van der Waals surface area contributed by atoms with Gasteiger partial charge in [-0.3, -0.25) is 10.1 Å². The van der Waals surface area contributed by atoms with E-state index in [-0.39, 0.29) is 15.6 Å². The second-order valence-electron chi connectivity index (χ2n) is 4.92. The van der Waals surface area contributed by atoms with Crippen molar-refractivity contribution in [3.8, 4) is 0 Å². The third-order valence-electron chi connectivity index (χ3n) is 3.13. The molecule has 2 N–H and O–H groups in total. The van der Waals surface area contributed by atoms with Crippen molar-refractivity contribution in [1.29, 1.82) is 0 Å². The predicted molar refractivity (Wildman–Crippen MR) is 93.7 cm³/mol. The van der Waals surface area contributed by atoms with Crippen molar-refractivity contribution in [2.24, 2.45) is 0 Å². The lowest BCUT2D eigenvalue weighted by Gasteiger charge is -2.17. The molecule has 0 bridgehead atoms. The second-order valence-corrected chi connectivity index (χ2v) is 5.80. The highest BCUT2D eigenvalue weighted by Gasteiger charge is 2.27. The molecule has 0 fully saturated rings. The lowest BCUT2D eigenvalue weighted by atomic mass is 10.1. The van der Waals surface area contributed by atoms with E-state index in [2.05, 4.69) is 10.6 Å². The SMILES string of the molecule is CNC(=O)NC(=O)[C@@H](OC(=O)c1cc(Cl)cc(Cl)c1)c1ccccc1. The first-order valence-electron chi connectivity index (χ1n) is 7.15. The highest BCUT2D eigenvalue weighted by Crippen LogP contribution is 2.23. The summed E-state index contributed by atoms with van der Waals surface area (Å²) in [5, 5.41) is 4.86. The van der Waals surface area contributed by atoms with Crippen molar-refractivity contribution in [3.63, 3.8) is 0 Å². The molecule has 0 aliphatic heterocycles. The predicted octanol–water partition coefficient (Wildman–Crippen LogP) is 3.35. The number of rotatable bonds is 4. The first-order valence-corrected chi connectivity index (χ1v) is 7.91. The first kappa shape index (κ1) is 18.8. The maximum absolute atomic E-state index is 12.4. The molecule has 2 aromatic carbocycles. The van der Waals surface area contributed by atoms with E-state index in [1.807, 2.05) is 0 Å². The van der Waals surface area contributed by atoms with Crippen LogP contribution in [0.5, 0.6) is 0 Å². The van der Waals surface area contributed by atoms with Crippen LogP contribution in [-0.2, 0) is 9.53 Å².